The Balaban J connectivity index is 2.19. The first-order valence-corrected chi connectivity index (χ1v) is 5.78. The van der Waals surface area contributed by atoms with Crippen LogP contribution in [-0.2, 0) is 6.54 Å². The van der Waals surface area contributed by atoms with Gasteiger partial charge in [-0.2, -0.15) is 0 Å². The van der Waals surface area contributed by atoms with Crippen LogP contribution >= 0.6 is 11.6 Å². The number of hydrogen-bond acceptors (Lipinski definition) is 4. The maximum atomic E-state index is 13.0. The van der Waals surface area contributed by atoms with Crippen LogP contribution in [0.25, 0.3) is 0 Å². The predicted octanol–water partition coefficient (Wildman–Crippen LogP) is 3.21. The van der Waals surface area contributed by atoms with Crippen molar-refractivity contribution in [1.82, 2.24) is 0 Å². The lowest BCUT2D eigenvalue weighted by Gasteiger charge is -2.11. The van der Waals surface area contributed by atoms with Crippen LogP contribution in [0.5, 0.6) is 17.2 Å². The smallest absolute Gasteiger partial charge is 0.200 e. The van der Waals surface area contributed by atoms with Gasteiger partial charge in [-0.1, -0.05) is 11.6 Å². The van der Waals surface area contributed by atoms with E-state index in [-0.39, 0.29) is 6.54 Å². The molecule has 0 fully saturated rings. The Morgan fingerprint density at radius 1 is 1.05 bits per heavy atom. The van der Waals surface area contributed by atoms with E-state index < -0.39 is 23.1 Å². The van der Waals surface area contributed by atoms with E-state index in [0.717, 1.165) is 0 Å². The molecule has 0 aliphatic rings. The van der Waals surface area contributed by atoms with Crippen molar-refractivity contribution in [3.8, 4) is 17.2 Å². The summed E-state index contributed by atoms with van der Waals surface area (Å²) in [5.74, 6) is -1.88. The lowest BCUT2D eigenvalue weighted by molar-refractivity contribution is 0.365. The number of phenols is 3. The van der Waals surface area contributed by atoms with Crippen molar-refractivity contribution in [2.45, 2.75) is 6.54 Å². The number of phenolic OH excluding ortho intramolecular Hbond substituents is 3. The minimum atomic E-state index is -0.593. The minimum Gasteiger partial charge on any atom is -0.504 e. The molecule has 2 aromatic rings. The largest absolute Gasteiger partial charge is 0.504 e. The van der Waals surface area contributed by atoms with Crippen LogP contribution in [0.4, 0.5) is 10.1 Å². The summed E-state index contributed by atoms with van der Waals surface area (Å²) in [4.78, 5) is 0. The van der Waals surface area contributed by atoms with E-state index in [4.69, 9.17) is 11.6 Å². The van der Waals surface area contributed by atoms with Crippen molar-refractivity contribution in [1.29, 1.82) is 0 Å². The van der Waals surface area contributed by atoms with Crippen LogP contribution in [0.15, 0.2) is 30.3 Å². The van der Waals surface area contributed by atoms with E-state index in [0.29, 0.717) is 16.3 Å². The van der Waals surface area contributed by atoms with E-state index in [2.05, 4.69) is 5.32 Å². The van der Waals surface area contributed by atoms with E-state index in [9.17, 15) is 19.7 Å². The number of rotatable bonds is 3. The van der Waals surface area contributed by atoms with Crippen molar-refractivity contribution in [2.24, 2.45) is 0 Å². The predicted molar refractivity (Wildman–Crippen MR) is 70.2 cm³/mol. The molecule has 0 saturated carbocycles. The van der Waals surface area contributed by atoms with Gasteiger partial charge in [-0.15, -0.1) is 0 Å². The van der Waals surface area contributed by atoms with E-state index in [1.54, 1.807) is 0 Å². The maximum Gasteiger partial charge on any atom is 0.200 e. The molecule has 0 spiro atoms. The van der Waals surface area contributed by atoms with Crippen molar-refractivity contribution < 1.29 is 19.7 Å². The van der Waals surface area contributed by atoms with Gasteiger partial charge in [-0.05, 0) is 30.3 Å². The minimum absolute atomic E-state index is 0.114. The fourth-order valence-corrected chi connectivity index (χ4v) is 1.76. The van der Waals surface area contributed by atoms with Gasteiger partial charge in [0.1, 0.15) is 5.82 Å². The van der Waals surface area contributed by atoms with E-state index in [1.807, 2.05) is 0 Å². The van der Waals surface area contributed by atoms with Gasteiger partial charge < -0.3 is 20.6 Å². The number of nitrogens with one attached hydrogen (secondary N) is 1. The molecular weight excluding hydrogens is 273 g/mol. The molecule has 4 N–H and O–H groups in total. The molecule has 0 bridgehead atoms. The number of benzene rings is 2. The van der Waals surface area contributed by atoms with Crippen LogP contribution in [0.3, 0.4) is 0 Å². The second kappa shape index (κ2) is 5.24. The first-order chi connectivity index (χ1) is 8.99. The molecule has 0 radical (unpaired) electrons. The Morgan fingerprint density at radius 2 is 1.79 bits per heavy atom. The Bertz CT molecular complexity index is 619. The zero-order chi connectivity index (χ0) is 14.0. The van der Waals surface area contributed by atoms with Crippen LogP contribution in [-0.4, -0.2) is 15.3 Å². The zero-order valence-corrected chi connectivity index (χ0v) is 10.4. The number of anilines is 1. The standard InChI is InChI=1S/C13H11ClFNO3/c14-9-3-2-8(15)5-10(9)16-6-7-1-4-11(17)13(19)12(7)18/h1-5,16-19H,6H2. The summed E-state index contributed by atoms with van der Waals surface area (Å²) < 4.78 is 13.0. The quantitative estimate of drug-likeness (QED) is 0.653. The average Bonchev–Trinajstić information content (AvgIpc) is 2.39. The molecule has 0 heterocycles. The summed E-state index contributed by atoms with van der Waals surface area (Å²) in [7, 11) is 0. The molecule has 0 amide bonds. The molecule has 100 valence electrons. The van der Waals surface area contributed by atoms with Crippen LogP contribution in [0.1, 0.15) is 5.56 Å². The van der Waals surface area contributed by atoms with Gasteiger partial charge in [0.15, 0.2) is 11.5 Å². The summed E-state index contributed by atoms with van der Waals surface area (Å²) in [5.41, 5.74) is 0.712. The van der Waals surface area contributed by atoms with Gasteiger partial charge in [0, 0.05) is 12.1 Å². The molecular formula is C13H11ClFNO3. The SMILES string of the molecule is Oc1ccc(CNc2cc(F)ccc2Cl)c(O)c1O. The Morgan fingerprint density at radius 3 is 2.53 bits per heavy atom. The van der Waals surface area contributed by atoms with Gasteiger partial charge in [0.25, 0.3) is 0 Å². The molecule has 0 aromatic heterocycles. The highest BCUT2D eigenvalue weighted by Crippen LogP contribution is 2.37. The molecule has 0 unspecified atom stereocenters. The summed E-state index contributed by atoms with van der Waals surface area (Å²) in [6.45, 7) is 0.114. The third-order valence-corrected chi connectivity index (χ3v) is 2.94. The zero-order valence-electron chi connectivity index (χ0n) is 9.69. The molecule has 19 heavy (non-hydrogen) atoms. The van der Waals surface area contributed by atoms with E-state index >= 15 is 0 Å². The van der Waals surface area contributed by atoms with E-state index in [1.165, 1.54) is 30.3 Å². The summed E-state index contributed by atoms with van der Waals surface area (Å²) >= 11 is 5.88. The van der Waals surface area contributed by atoms with Crippen LogP contribution in [0, 0.1) is 5.82 Å². The first-order valence-electron chi connectivity index (χ1n) is 5.40. The number of aromatic hydroxyl groups is 3. The fraction of sp³-hybridized carbons (Fsp3) is 0.0769. The van der Waals surface area contributed by atoms with Gasteiger partial charge in [-0.3, -0.25) is 0 Å². The second-order valence-electron chi connectivity index (χ2n) is 3.92. The van der Waals surface area contributed by atoms with Crippen molar-refractivity contribution >= 4 is 17.3 Å². The second-order valence-corrected chi connectivity index (χ2v) is 4.33. The van der Waals surface area contributed by atoms with Gasteiger partial charge in [0.2, 0.25) is 5.75 Å². The highest BCUT2D eigenvalue weighted by molar-refractivity contribution is 6.33. The first kappa shape index (κ1) is 13.3. The molecule has 6 heteroatoms. The third-order valence-electron chi connectivity index (χ3n) is 2.61. The van der Waals surface area contributed by atoms with Gasteiger partial charge in [-0.25, -0.2) is 4.39 Å². The third kappa shape index (κ3) is 2.82. The molecule has 0 atom stereocenters. The van der Waals surface area contributed by atoms with Crippen molar-refractivity contribution in [3.63, 3.8) is 0 Å². The molecule has 0 saturated heterocycles. The van der Waals surface area contributed by atoms with Crippen LogP contribution < -0.4 is 5.32 Å². The molecule has 0 aliphatic heterocycles. The number of halogens is 2. The van der Waals surface area contributed by atoms with Gasteiger partial charge in [0.05, 0.1) is 10.7 Å². The Kier molecular flexibility index (Phi) is 3.66. The summed E-state index contributed by atoms with van der Waals surface area (Å²) in [5, 5.41) is 31.4. The maximum absolute atomic E-state index is 13.0. The molecule has 0 aliphatic carbocycles. The molecule has 2 aromatic carbocycles. The van der Waals surface area contributed by atoms with Crippen LogP contribution in [0.2, 0.25) is 5.02 Å². The van der Waals surface area contributed by atoms with Crippen molar-refractivity contribution in [2.75, 3.05) is 5.32 Å². The highest BCUT2D eigenvalue weighted by Gasteiger charge is 2.11. The summed E-state index contributed by atoms with van der Waals surface area (Å²) in [6, 6.07) is 6.55. The lowest BCUT2D eigenvalue weighted by atomic mass is 10.1. The Hall–Kier alpha value is -2.14. The fourth-order valence-electron chi connectivity index (χ4n) is 1.58. The highest BCUT2D eigenvalue weighted by atomic mass is 35.5. The van der Waals surface area contributed by atoms with Crippen molar-refractivity contribution in [3.05, 3.63) is 46.7 Å². The van der Waals surface area contributed by atoms with Gasteiger partial charge >= 0.3 is 0 Å². The Labute approximate surface area is 113 Å². The summed E-state index contributed by atoms with van der Waals surface area (Å²) in [6.07, 6.45) is 0. The lowest BCUT2D eigenvalue weighted by Crippen LogP contribution is -2.00. The number of hydrogen-bond donors (Lipinski definition) is 4. The normalized spacial score (nSPS) is 10.4. The molecule has 4 nitrogen and oxygen atoms in total. The topological polar surface area (TPSA) is 72.7 Å². The average molecular weight is 284 g/mol. The molecule has 2 rings (SSSR count). The monoisotopic (exact) mass is 283 g/mol.